The van der Waals surface area contributed by atoms with Gasteiger partial charge < -0.3 is 10.1 Å². The molecule has 108 valence electrons. The predicted molar refractivity (Wildman–Crippen MR) is 88.0 cm³/mol. The minimum atomic E-state index is -0.0322. The van der Waals surface area contributed by atoms with E-state index in [2.05, 4.69) is 59.4 Å². The number of methoxy groups -OCH3 is 1. The van der Waals surface area contributed by atoms with Gasteiger partial charge in [0, 0.05) is 28.3 Å². The lowest BCUT2D eigenvalue weighted by atomic mass is 9.99. The van der Waals surface area contributed by atoms with E-state index in [0.29, 0.717) is 6.04 Å². The molecule has 0 spiro atoms. The number of nitrogens with one attached hydrogen (secondary N) is 1. The second kappa shape index (κ2) is 8.30. The minimum absolute atomic E-state index is 0.0322. The largest absolute Gasteiger partial charge is 0.379 e. The number of benzene rings is 1. The van der Waals surface area contributed by atoms with E-state index >= 15 is 0 Å². The zero-order valence-electron chi connectivity index (χ0n) is 12.2. The van der Waals surface area contributed by atoms with Crippen LogP contribution in [0.15, 0.2) is 33.6 Å². The molecule has 0 saturated carbocycles. The van der Waals surface area contributed by atoms with Crippen LogP contribution in [0.1, 0.15) is 26.7 Å². The standard InChI is InChI=1S/C15H24BrNOS/c1-15(2,18-4)9-8-13(17-3)11-19-14-7-5-6-12(16)10-14/h5-7,10,13,17H,8-9,11H2,1-4H3. The van der Waals surface area contributed by atoms with Gasteiger partial charge in [0.1, 0.15) is 0 Å². The van der Waals surface area contributed by atoms with Crippen molar-refractivity contribution < 1.29 is 4.74 Å². The van der Waals surface area contributed by atoms with Crippen molar-refractivity contribution in [1.29, 1.82) is 0 Å². The van der Waals surface area contributed by atoms with Crippen LogP contribution in [0.25, 0.3) is 0 Å². The van der Waals surface area contributed by atoms with Crippen molar-refractivity contribution >= 4 is 27.7 Å². The van der Waals surface area contributed by atoms with Gasteiger partial charge in [-0.2, -0.15) is 0 Å². The van der Waals surface area contributed by atoms with E-state index < -0.39 is 0 Å². The number of hydrogen-bond acceptors (Lipinski definition) is 3. The third-order valence-corrected chi connectivity index (χ3v) is 4.95. The molecular weight excluding hydrogens is 322 g/mol. The first-order valence-corrected chi connectivity index (χ1v) is 8.35. The molecule has 1 N–H and O–H groups in total. The number of hydrogen-bond donors (Lipinski definition) is 1. The monoisotopic (exact) mass is 345 g/mol. The lowest BCUT2D eigenvalue weighted by molar-refractivity contribution is 0.0123. The van der Waals surface area contributed by atoms with E-state index in [1.165, 1.54) is 4.90 Å². The van der Waals surface area contributed by atoms with Crippen molar-refractivity contribution in [3.05, 3.63) is 28.7 Å². The van der Waals surface area contributed by atoms with E-state index in [4.69, 9.17) is 4.74 Å². The Bertz CT molecular complexity index is 384. The summed E-state index contributed by atoms with van der Waals surface area (Å²) in [6.45, 7) is 4.28. The van der Waals surface area contributed by atoms with Crippen molar-refractivity contribution in [3.8, 4) is 0 Å². The van der Waals surface area contributed by atoms with Gasteiger partial charge in [-0.25, -0.2) is 0 Å². The quantitative estimate of drug-likeness (QED) is 0.708. The summed E-state index contributed by atoms with van der Waals surface area (Å²) in [7, 11) is 3.82. The maximum absolute atomic E-state index is 5.47. The summed E-state index contributed by atoms with van der Waals surface area (Å²) in [6, 6.07) is 8.96. The fraction of sp³-hybridized carbons (Fsp3) is 0.600. The Balaban J connectivity index is 2.40. The molecule has 0 heterocycles. The Hall–Kier alpha value is -0.0300. The van der Waals surface area contributed by atoms with E-state index in [9.17, 15) is 0 Å². The van der Waals surface area contributed by atoms with Gasteiger partial charge in [0.05, 0.1) is 5.60 Å². The number of ether oxygens (including phenoxy) is 1. The highest BCUT2D eigenvalue weighted by Crippen LogP contribution is 2.24. The van der Waals surface area contributed by atoms with Gasteiger partial charge in [-0.1, -0.05) is 22.0 Å². The lowest BCUT2D eigenvalue weighted by Gasteiger charge is -2.25. The van der Waals surface area contributed by atoms with E-state index in [0.717, 1.165) is 23.1 Å². The van der Waals surface area contributed by atoms with Crippen molar-refractivity contribution in [2.24, 2.45) is 0 Å². The Morgan fingerprint density at radius 2 is 2.16 bits per heavy atom. The molecule has 1 aromatic carbocycles. The molecule has 2 nitrogen and oxygen atoms in total. The Morgan fingerprint density at radius 3 is 2.74 bits per heavy atom. The van der Waals surface area contributed by atoms with Gasteiger partial charge in [-0.15, -0.1) is 11.8 Å². The van der Waals surface area contributed by atoms with Crippen LogP contribution in [0.2, 0.25) is 0 Å². The van der Waals surface area contributed by atoms with Crippen LogP contribution in [-0.4, -0.2) is 31.6 Å². The van der Waals surface area contributed by atoms with Gasteiger partial charge in [0.2, 0.25) is 0 Å². The molecule has 0 aliphatic heterocycles. The third-order valence-electron chi connectivity index (χ3n) is 3.30. The molecule has 1 atom stereocenters. The van der Waals surface area contributed by atoms with Crippen LogP contribution in [-0.2, 0) is 4.74 Å². The Morgan fingerprint density at radius 1 is 1.42 bits per heavy atom. The number of rotatable bonds is 8. The summed E-state index contributed by atoms with van der Waals surface area (Å²) in [5, 5.41) is 3.40. The highest BCUT2D eigenvalue weighted by atomic mass is 79.9. The summed E-state index contributed by atoms with van der Waals surface area (Å²) in [4.78, 5) is 1.31. The molecule has 1 unspecified atom stereocenters. The van der Waals surface area contributed by atoms with Gasteiger partial charge in [0.15, 0.2) is 0 Å². The summed E-state index contributed by atoms with van der Waals surface area (Å²) < 4.78 is 6.61. The summed E-state index contributed by atoms with van der Waals surface area (Å²) in [5.74, 6) is 1.08. The zero-order valence-corrected chi connectivity index (χ0v) is 14.6. The highest BCUT2D eigenvalue weighted by Gasteiger charge is 2.18. The van der Waals surface area contributed by atoms with Gasteiger partial charge in [-0.3, -0.25) is 0 Å². The average molecular weight is 346 g/mol. The highest BCUT2D eigenvalue weighted by molar-refractivity contribution is 9.10. The van der Waals surface area contributed by atoms with Crippen molar-refractivity contribution in [1.82, 2.24) is 5.32 Å². The zero-order chi connectivity index (χ0) is 14.3. The normalized spacial score (nSPS) is 13.5. The second-order valence-corrected chi connectivity index (χ2v) is 7.27. The van der Waals surface area contributed by atoms with Crippen LogP contribution in [0.4, 0.5) is 0 Å². The molecule has 0 aromatic heterocycles. The fourth-order valence-corrected chi connectivity index (χ4v) is 3.35. The minimum Gasteiger partial charge on any atom is -0.379 e. The first-order chi connectivity index (χ1) is 8.96. The SMILES string of the molecule is CNC(CCC(C)(C)OC)CSc1cccc(Br)c1. The maximum atomic E-state index is 5.47. The molecule has 4 heteroatoms. The first kappa shape index (κ1) is 17.0. The molecule has 0 bridgehead atoms. The van der Waals surface area contributed by atoms with Gasteiger partial charge >= 0.3 is 0 Å². The second-order valence-electron chi connectivity index (χ2n) is 5.26. The lowest BCUT2D eigenvalue weighted by Crippen LogP contribution is -2.32. The summed E-state index contributed by atoms with van der Waals surface area (Å²) in [5.41, 5.74) is -0.0322. The molecule has 1 rings (SSSR count). The van der Waals surface area contributed by atoms with E-state index in [1.807, 2.05) is 18.8 Å². The Kier molecular flexibility index (Phi) is 7.44. The first-order valence-electron chi connectivity index (χ1n) is 6.57. The average Bonchev–Trinajstić information content (AvgIpc) is 2.39. The number of halogens is 1. The molecular formula is C15H24BrNOS. The van der Waals surface area contributed by atoms with Crippen LogP contribution in [0.3, 0.4) is 0 Å². The van der Waals surface area contributed by atoms with Crippen molar-refractivity contribution in [2.45, 2.75) is 43.2 Å². The van der Waals surface area contributed by atoms with E-state index in [-0.39, 0.29) is 5.60 Å². The molecule has 0 aliphatic carbocycles. The van der Waals surface area contributed by atoms with Crippen LogP contribution in [0, 0.1) is 0 Å². The molecule has 0 radical (unpaired) electrons. The van der Waals surface area contributed by atoms with Gasteiger partial charge in [0.25, 0.3) is 0 Å². The molecule has 1 aromatic rings. The van der Waals surface area contributed by atoms with Crippen molar-refractivity contribution in [3.63, 3.8) is 0 Å². The molecule has 19 heavy (non-hydrogen) atoms. The predicted octanol–water partition coefficient (Wildman–Crippen LogP) is 4.33. The topological polar surface area (TPSA) is 21.3 Å². The van der Waals surface area contributed by atoms with Crippen LogP contribution in [0.5, 0.6) is 0 Å². The molecule has 0 saturated heterocycles. The molecule has 0 aliphatic rings. The van der Waals surface area contributed by atoms with Crippen molar-refractivity contribution in [2.75, 3.05) is 19.9 Å². The summed E-state index contributed by atoms with van der Waals surface area (Å²) >= 11 is 5.40. The van der Waals surface area contributed by atoms with Crippen LogP contribution < -0.4 is 5.32 Å². The third kappa shape index (κ3) is 6.80. The Labute approximate surface area is 129 Å². The maximum Gasteiger partial charge on any atom is 0.0623 e. The number of thioether (sulfide) groups is 1. The van der Waals surface area contributed by atoms with Gasteiger partial charge in [-0.05, 0) is 51.9 Å². The molecule has 0 amide bonds. The smallest absolute Gasteiger partial charge is 0.0623 e. The summed E-state index contributed by atoms with van der Waals surface area (Å²) in [6.07, 6.45) is 2.19. The van der Waals surface area contributed by atoms with Crippen LogP contribution >= 0.6 is 27.7 Å². The molecule has 0 fully saturated rings. The van der Waals surface area contributed by atoms with E-state index in [1.54, 1.807) is 7.11 Å². The fourth-order valence-electron chi connectivity index (χ4n) is 1.69.